The van der Waals surface area contributed by atoms with Gasteiger partial charge < -0.3 is 10.2 Å². The first kappa shape index (κ1) is 17.4. The third-order valence-corrected chi connectivity index (χ3v) is 6.33. The van der Waals surface area contributed by atoms with Gasteiger partial charge in [-0.05, 0) is 39.5 Å². The Hall–Kier alpha value is -1.43. The summed E-state index contributed by atoms with van der Waals surface area (Å²) < 4.78 is 0. The van der Waals surface area contributed by atoms with Crippen LogP contribution in [0.3, 0.4) is 0 Å². The molecule has 2 saturated carbocycles. The summed E-state index contributed by atoms with van der Waals surface area (Å²) in [5.41, 5.74) is 0.949. The molecule has 6 heteroatoms. The Balaban J connectivity index is 1.65. The summed E-state index contributed by atoms with van der Waals surface area (Å²) >= 11 is 1.49. The minimum absolute atomic E-state index is 0.123. The van der Waals surface area contributed by atoms with Crippen LogP contribution in [0.5, 0.6) is 0 Å². The predicted octanol–water partition coefficient (Wildman–Crippen LogP) is 3.66. The third kappa shape index (κ3) is 3.97. The molecule has 2 aliphatic rings. The van der Waals surface area contributed by atoms with E-state index in [1.54, 1.807) is 0 Å². The van der Waals surface area contributed by atoms with E-state index in [2.05, 4.69) is 10.3 Å². The molecular weight excluding hydrogens is 322 g/mol. The van der Waals surface area contributed by atoms with Crippen molar-refractivity contribution in [3.63, 3.8) is 0 Å². The number of nitrogens with zero attached hydrogens (tertiary/aromatic N) is 2. The lowest BCUT2D eigenvalue weighted by atomic mass is 9.83. The molecule has 1 heterocycles. The zero-order chi connectivity index (χ0) is 17.1. The molecule has 0 bridgehead atoms. The van der Waals surface area contributed by atoms with E-state index in [4.69, 9.17) is 0 Å². The second kappa shape index (κ2) is 7.64. The number of amides is 2. The summed E-state index contributed by atoms with van der Waals surface area (Å²) in [5, 5.41) is 3.51. The maximum absolute atomic E-state index is 12.8. The average Bonchev–Trinajstić information content (AvgIpc) is 2.81. The van der Waals surface area contributed by atoms with Gasteiger partial charge in [-0.25, -0.2) is 4.98 Å². The third-order valence-electron chi connectivity index (χ3n) is 5.34. The molecule has 1 aromatic rings. The van der Waals surface area contributed by atoms with Crippen molar-refractivity contribution >= 4 is 28.3 Å². The van der Waals surface area contributed by atoms with Gasteiger partial charge in [-0.2, -0.15) is 0 Å². The number of thiazole rings is 1. The highest BCUT2D eigenvalue weighted by atomic mass is 32.1. The van der Waals surface area contributed by atoms with Crippen molar-refractivity contribution in [2.24, 2.45) is 5.92 Å². The van der Waals surface area contributed by atoms with Gasteiger partial charge in [-0.1, -0.05) is 25.7 Å². The Morgan fingerprint density at radius 1 is 1.12 bits per heavy atom. The van der Waals surface area contributed by atoms with Crippen LogP contribution in [-0.2, 0) is 9.59 Å². The van der Waals surface area contributed by atoms with Crippen molar-refractivity contribution in [1.82, 2.24) is 9.88 Å². The largest absolute Gasteiger partial charge is 0.330 e. The minimum Gasteiger partial charge on any atom is -0.330 e. The van der Waals surface area contributed by atoms with E-state index in [1.807, 2.05) is 18.7 Å². The van der Waals surface area contributed by atoms with E-state index in [-0.39, 0.29) is 30.3 Å². The summed E-state index contributed by atoms with van der Waals surface area (Å²) in [7, 11) is 0. The number of carbonyl (C=O) groups excluding carboxylic acids is 2. The molecule has 0 aliphatic heterocycles. The van der Waals surface area contributed by atoms with Gasteiger partial charge in [0.05, 0.1) is 5.69 Å². The lowest BCUT2D eigenvalue weighted by Gasteiger charge is -2.38. The topological polar surface area (TPSA) is 62.3 Å². The van der Waals surface area contributed by atoms with Crippen LogP contribution >= 0.6 is 11.3 Å². The predicted molar refractivity (Wildman–Crippen MR) is 96.1 cm³/mol. The monoisotopic (exact) mass is 349 g/mol. The molecule has 2 amide bonds. The van der Waals surface area contributed by atoms with Gasteiger partial charge in [-0.3, -0.25) is 9.59 Å². The summed E-state index contributed by atoms with van der Waals surface area (Å²) in [6.45, 7) is 4.10. The summed E-state index contributed by atoms with van der Waals surface area (Å²) in [4.78, 5) is 32.6. The van der Waals surface area contributed by atoms with Crippen LogP contribution in [0.1, 0.15) is 61.9 Å². The number of rotatable bonds is 5. The molecule has 2 aliphatic carbocycles. The fourth-order valence-electron chi connectivity index (χ4n) is 3.51. The van der Waals surface area contributed by atoms with Gasteiger partial charge in [0.2, 0.25) is 11.8 Å². The molecule has 24 heavy (non-hydrogen) atoms. The Labute approximate surface area is 147 Å². The summed E-state index contributed by atoms with van der Waals surface area (Å²) in [6.07, 6.45) is 8.72. The molecule has 132 valence electrons. The van der Waals surface area contributed by atoms with E-state index in [0.29, 0.717) is 5.13 Å². The molecule has 3 rings (SSSR count). The Kier molecular flexibility index (Phi) is 5.54. The number of hydrogen-bond acceptors (Lipinski definition) is 4. The number of anilines is 1. The molecule has 0 saturated heterocycles. The first-order chi connectivity index (χ1) is 11.5. The van der Waals surface area contributed by atoms with Crippen LogP contribution in [-0.4, -0.2) is 34.3 Å². The van der Waals surface area contributed by atoms with Crippen molar-refractivity contribution in [2.75, 3.05) is 11.9 Å². The minimum atomic E-state index is -0.123. The zero-order valence-corrected chi connectivity index (χ0v) is 15.5. The number of aryl methyl sites for hydroxylation is 2. The van der Waals surface area contributed by atoms with E-state index in [0.717, 1.165) is 55.5 Å². The highest BCUT2D eigenvalue weighted by Crippen LogP contribution is 2.31. The van der Waals surface area contributed by atoms with Gasteiger partial charge in [0.1, 0.15) is 6.54 Å². The molecule has 2 fully saturated rings. The number of aromatic nitrogens is 1. The second-order valence-corrected chi connectivity index (χ2v) is 8.30. The molecule has 0 radical (unpaired) electrons. The van der Waals surface area contributed by atoms with Crippen LogP contribution in [0.4, 0.5) is 5.13 Å². The Morgan fingerprint density at radius 2 is 1.83 bits per heavy atom. The summed E-state index contributed by atoms with van der Waals surface area (Å²) in [6, 6.07) is 0.234. The highest BCUT2D eigenvalue weighted by Gasteiger charge is 2.34. The van der Waals surface area contributed by atoms with Crippen LogP contribution in [0.2, 0.25) is 0 Å². The van der Waals surface area contributed by atoms with Crippen LogP contribution < -0.4 is 5.32 Å². The molecule has 1 N–H and O–H groups in total. The van der Waals surface area contributed by atoms with Crippen molar-refractivity contribution in [2.45, 2.75) is 71.3 Å². The van der Waals surface area contributed by atoms with E-state index < -0.39 is 0 Å². The standard InChI is InChI=1S/C18H27N3O2S/c1-12-13(2)24-18(19-12)20-16(22)11-21(15-9-4-3-5-10-15)17(23)14-7-6-8-14/h14-15H,3-11H2,1-2H3,(H,19,20,22). The van der Waals surface area contributed by atoms with Crippen LogP contribution in [0, 0.1) is 19.8 Å². The molecule has 0 spiro atoms. The quantitative estimate of drug-likeness (QED) is 0.882. The van der Waals surface area contributed by atoms with E-state index in [9.17, 15) is 9.59 Å². The van der Waals surface area contributed by atoms with Gasteiger partial charge in [0.25, 0.3) is 0 Å². The maximum atomic E-state index is 12.8. The molecule has 0 atom stereocenters. The van der Waals surface area contributed by atoms with Gasteiger partial charge in [0, 0.05) is 16.8 Å². The summed E-state index contributed by atoms with van der Waals surface area (Å²) in [5.74, 6) is 0.209. The van der Waals surface area contributed by atoms with Crippen molar-refractivity contribution in [3.8, 4) is 0 Å². The van der Waals surface area contributed by atoms with Crippen molar-refractivity contribution in [1.29, 1.82) is 0 Å². The Bertz CT molecular complexity index is 584. The number of nitrogens with one attached hydrogen (secondary N) is 1. The smallest absolute Gasteiger partial charge is 0.245 e. The SMILES string of the molecule is Cc1nc(NC(=O)CN(C(=O)C2CCC2)C2CCCCC2)sc1C. The highest BCUT2D eigenvalue weighted by molar-refractivity contribution is 7.15. The second-order valence-electron chi connectivity index (χ2n) is 7.09. The van der Waals surface area contributed by atoms with E-state index in [1.165, 1.54) is 17.8 Å². The number of hydrogen-bond donors (Lipinski definition) is 1. The van der Waals surface area contributed by atoms with Gasteiger partial charge in [0.15, 0.2) is 5.13 Å². The van der Waals surface area contributed by atoms with E-state index >= 15 is 0 Å². The van der Waals surface area contributed by atoms with Crippen molar-refractivity contribution in [3.05, 3.63) is 10.6 Å². The molecule has 1 aromatic heterocycles. The van der Waals surface area contributed by atoms with Crippen LogP contribution in [0.15, 0.2) is 0 Å². The number of carbonyl (C=O) groups is 2. The zero-order valence-electron chi connectivity index (χ0n) is 14.6. The van der Waals surface area contributed by atoms with Crippen molar-refractivity contribution < 1.29 is 9.59 Å². The lowest BCUT2D eigenvalue weighted by Crippen LogP contribution is -2.49. The first-order valence-corrected chi connectivity index (χ1v) is 9.90. The fourth-order valence-corrected chi connectivity index (χ4v) is 4.34. The lowest BCUT2D eigenvalue weighted by molar-refractivity contribution is -0.143. The van der Waals surface area contributed by atoms with Crippen LogP contribution in [0.25, 0.3) is 0 Å². The molecule has 5 nitrogen and oxygen atoms in total. The molecular formula is C18H27N3O2S. The molecule has 0 unspecified atom stereocenters. The van der Waals surface area contributed by atoms with Gasteiger partial charge in [-0.15, -0.1) is 11.3 Å². The first-order valence-electron chi connectivity index (χ1n) is 9.09. The normalized spacial score (nSPS) is 18.9. The fraction of sp³-hybridized carbons (Fsp3) is 0.722. The van der Waals surface area contributed by atoms with Gasteiger partial charge >= 0.3 is 0 Å². The molecule has 0 aromatic carbocycles. The average molecular weight is 350 g/mol. The Morgan fingerprint density at radius 3 is 2.38 bits per heavy atom. The maximum Gasteiger partial charge on any atom is 0.245 e.